The maximum Gasteiger partial charge on any atom is 0.265 e. The maximum atomic E-state index is 12.3. The number of anilines is 1. The highest BCUT2D eigenvalue weighted by Gasteiger charge is 2.15. The molecule has 1 N–H and O–H groups in total. The molecule has 0 aliphatic rings. The second kappa shape index (κ2) is 8.06. The average Bonchev–Trinajstić information content (AvgIpc) is 2.55. The Bertz CT molecular complexity index is 670. The summed E-state index contributed by atoms with van der Waals surface area (Å²) in [6.45, 7) is 6.03. The molecule has 2 rings (SSSR count). The van der Waals surface area contributed by atoms with E-state index >= 15 is 0 Å². The van der Waals surface area contributed by atoms with Crippen molar-refractivity contribution in [2.75, 3.05) is 11.6 Å². The summed E-state index contributed by atoms with van der Waals surface area (Å²) in [5.41, 5.74) is 1.98. The Morgan fingerprint density at radius 3 is 2.52 bits per heavy atom. The molecule has 1 atom stereocenters. The summed E-state index contributed by atoms with van der Waals surface area (Å²) in [6.07, 6.45) is 1.45. The zero-order valence-electron chi connectivity index (χ0n) is 14.0. The molecule has 0 bridgehead atoms. The van der Waals surface area contributed by atoms with E-state index in [0.717, 1.165) is 16.3 Å². The highest BCUT2D eigenvalue weighted by Crippen LogP contribution is 2.22. The van der Waals surface area contributed by atoms with E-state index in [1.807, 2.05) is 48.7 Å². The zero-order chi connectivity index (χ0) is 16.8. The summed E-state index contributed by atoms with van der Waals surface area (Å²) in [5.74, 6) is 0.992. The lowest BCUT2D eigenvalue weighted by atomic mass is 10.0. The van der Waals surface area contributed by atoms with Crippen molar-refractivity contribution >= 4 is 23.4 Å². The van der Waals surface area contributed by atoms with Crippen LogP contribution in [0.3, 0.4) is 0 Å². The van der Waals surface area contributed by atoms with E-state index in [4.69, 9.17) is 4.74 Å². The molecule has 0 fully saturated rings. The van der Waals surface area contributed by atoms with Crippen molar-refractivity contribution in [3.05, 3.63) is 54.1 Å². The lowest BCUT2D eigenvalue weighted by molar-refractivity contribution is -0.122. The number of benzene rings is 2. The third-order valence-electron chi connectivity index (χ3n) is 3.54. The zero-order valence-corrected chi connectivity index (χ0v) is 14.8. The molecule has 23 heavy (non-hydrogen) atoms. The van der Waals surface area contributed by atoms with Gasteiger partial charge in [-0.2, -0.15) is 0 Å². The second-order valence-corrected chi connectivity index (χ2v) is 6.59. The van der Waals surface area contributed by atoms with Gasteiger partial charge in [0, 0.05) is 10.6 Å². The van der Waals surface area contributed by atoms with Gasteiger partial charge in [0.05, 0.1) is 0 Å². The van der Waals surface area contributed by atoms with Gasteiger partial charge in [0.25, 0.3) is 5.91 Å². The monoisotopic (exact) mass is 329 g/mol. The first-order valence-corrected chi connectivity index (χ1v) is 8.93. The first-order chi connectivity index (χ1) is 11.0. The predicted molar refractivity (Wildman–Crippen MR) is 97.5 cm³/mol. The minimum atomic E-state index is -0.560. The molecule has 2 aromatic rings. The largest absolute Gasteiger partial charge is 0.481 e. The lowest BCUT2D eigenvalue weighted by Crippen LogP contribution is -2.30. The Labute approximate surface area is 142 Å². The van der Waals surface area contributed by atoms with Gasteiger partial charge < -0.3 is 10.1 Å². The summed E-state index contributed by atoms with van der Waals surface area (Å²) in [7, 11) is 0. The number of nitrogens with one attached hydrogen (secondary N) is 1. The van der Waals surface area contributed by atoms with E-state index in [0.29, 0.717) is 5.92 Å². The van der Waals surface area contributed by atoms with E-state index < -0.39 is 6.10 Å². The Kier molecular flexibility index (Phi) is 6.11. The topological polar surface area (TPSA) is 38.3 Å². The van der Waals surface area contributed by atoms with Crippen LogP contribution in [0.4, 0.5) is 5.69 Å². The summed E-state index contributed by atoms with van der Waals surface area (Å²) < 4.78 is 5.78. The van der Waals surface area contributed by atoms with Gasteiger partial charge in [0.2, 0.25) is 0 Å². The van der Waals surface area contributed by atoms with E-state index in [1.54, 1.807) is 18.7 Å². The van der Waals surface area contributed by atoms with Crippen LogP contribution in [0.5, 0.6) is 5.75 Å². The minimum Gasteiger partial charge on any atom is -0.481 e. The minimum absolute atomic E-state index is 0.154. The van der Waals surface area contributed by atoms with Crippen LogP contribution < -0.4 is 10.1 Å². The van der Waals surface area contributed by atoms with Crippen LogP contribution >= 0.6 is 11.8 Å². The predicted octanol–water partition coefficient (Wildman–Crippen LogP) is 4.94. The molecule has 2 aromatic carbocycles. The van der Waals surface area contributed by atoms with E-state index in [-0.39, 0.29) is 5.91 Å². The average molecular weight is 329 g/mol. The van der Waals surface area contributed by atoms with Crippen molar-refractivity contribution in [2.45, 2.75) is 37.7 Å². The van der Waals surface area contributed by atoms with Gasteiger partial charge in [-0.15, -0.1) is 11.8 Å². The third kappa shape index (κ3) is 5.03. The normalized spacial score (nSPS) is 12.0. The highest BCUT2D eigenvalue weighted by atomic mass is 32.2. The number of hydrogen-bond acceptors (Lipinski definition) is 3. The number of carbonyl (C=O) groups excluding carboxylic acids is 1. The summed E-state index contributed by atoms with van der Waals surface area (Å²) in [4.78, 5) is 13.4. The number of thioether (sulfide) groups is 1. The quantitative estimate of drug-likeness (QED) is 0.763. The van der Waals surface area contributed by atoms with Gasteiger partial charge >= 0.3 is 0 Å². The van der Waals surface area contributed by atoms with Gasteiger partial charge in [-0.1, -0.05) is 32.0 Å². The van der Waals surface area contributed by atoms with Crippen LogP contribution in [-0.2, 0) is 4.79 Å². The Morgan fingerprint density at radius 1 is 1.09 bits per heavy atom. The second-order valence-electron chi connectivity index (χ2n) is 5.71. The van der Waals surface area contributed by atoms with Crippen molar-refractivity contribution in [1.29, 1.82) is 0 Å². The molecule has 0 aliphatic carbocycles. The number of ether oxygens (including phenoxy) is 1. The molecule has 122 valence electrons. The summed E-state index contributed by atoms with van der Waals surface area (Å²) >= 11 is 1.64. The van der Waals surface area contributed by atoms with Crippen LogP contribution in [0.25, 0.3) is 0 Å². The van der Waals surface area contributed by atoms with E-state index in [9.17, 15) is 4.79 Å². The van der Waals surface area contributed by atoms with Crippen molar-refractivity contribution in [1.82, 2.24) is 0 Å². The fraction of sp³-hybridized carbons (Fsp3) is 0.316. The SMILES string of the molecule is CSc1cccc(NC(=O)C(C)Oc2cccc(C(C)C)c2)c1. The fourth-order valence-corrected chi connectivity index (χ4v) is 2.61. The lowest BCUT2D eigenvalue weighted by Gasteiger charge is -2.16. The van der Waals surface area contributed by atoms with Gasteiger partial charge in [-0.3, -0.25) is 4.79 Å². The van der Waals surface area contributed by atoms with Gasteiger partial charge in [0.1, 0.15) is 5.75 Å². The number of hydrogen-bond donors (Lipinski definition) is 1. The van der Waals surface area contributed by atoms with Crippen LogP contribution in [-0.4, -0.2) is 18.3 Å². The smallest absolute Gasteiger partial charge is 0.265 e. The molecule has 0 spiro atoms. The standard InChI is InChI=1S/C19H23NO2S/c1-13(2)15-7-5-9-17(11-15)22-14(3)19(21)20-16-8-6-10-18(12-16)23-4/h5-14H,1-4H3,(H,20,21). The molecule has 3 nitrogen and oxygen atoms in total. The molecular weight excluding hydrogens is 306 g/mol. The first kappa shape index (κ1) is 17.4. The van der Waals surface area contributed by atoms with Crippen LogP contribution in [0.2, 0.25) is 0 Å². The summed E-state index contributed by atoms with van der Waals surface area (Å²) in [5, 5.41) is 2.90. The molecule has 0 saturated carbocycles. The van der Waals surface area contributed by atoms with Gasteiger partial charge in [0.15, 0.2) is 6.10 Å². The van der Waals surface area contributed by atoms with Crippen molar-refractivity contribution in [3.8, 4) is 5.75 Å². The molecule has 0 aromatic heterocycles. The molecule has 1 unspecified atom stereocenters. The number of carbonyl (C=O) groups is 1. The van der Waals surface area contributed by atoms with Crippen molar-refractivity contribution in [3.63, 3.8) is 0 Å². The Morgan fingerprint density at radius 2 is 1.83 bits per heavy atom. The number of rotatable bonds is 6. The fourth-order valence-electron chi connectivity index (χ4n) is 2.15. The van der Waals surface area contributed by atoms with E-state index in [1.165, 1.54) is 5.56 Å². The molecule has 0 radical (unpaired) electrons. The molecule has 0 aliphatic heterocycles. The Hall–Kier alpha value is -1.94. The first-order valence-electron chi connectivity index (χ1n) is 7.71. The van der Waals surface area contributed by atoms with Gasteiger partial charge in [-0.05, 0) is 55.0 Å². The Balaban J connectivity index is 2.00. The molecular formula is C19H23NO2S. The number of amides is 1. The van der Waals surface area contributed by atoms with Gasteiger partial charge in [-0.25, -0.2) is 0 Å². The van der Waals surface area contributed by atoms with Crippen LogP contribution in [0.15, 0.2) is 53.4 Å². The van der Waals surface area contributed by atoms with Crippen molar-refractivity contribution in [2.24, 2.45) is 0 Å². The molecule has 1 amide bonds. The van der Waals surface area contributed by atoms with Crippen LogP contribution in [0.1, 0.15) is 32.3 Å². The molecule has 0 heterocycles. The molecule has 0 saturated heterocycles. The summed E-state index contributed by atoms with van der Waals surface area (Å²) in [6, 6.07) is 15.7. The highest BCUT2D eigenvalue weighted by molar-refractivity contribution is 7.98. The molecule has 4 heteroatoms. The van der Waals surface area contributed by atoms with E-state index in [2.05, 4.69) is 25.2 Å². The maximum absolute atomic E-state index is 12.3. The third-order valence-corrected chi connectivity index (χ3v) is 4.27. The van der Waals surface area contributed by atoms with Crippen LogP contribution in [0, 0.1) is 0 Å². The van der Waals surface area contributed by atoms with Crippen molar-refractivity contribution < 1.29 is 9.53 Å².